The molecule has 13 heavy (non-hydrogen) atoms. The molecule has 0 aliphatic carbocycles. The summed E-state index contributed by atoms with van der Waals surface area (Å²) in [5.41, 5.74) is 0.593. The predicted octanol–water partition coefficient (Wildman–Crippen LogP) is 0.142. The van der Waals surface area contributed by atoms with Gasteiger partial charge in [-0.25, -0.2) is 13.6 Å². The first-order valence-corrected chi connectivity index (χ1v) is 4.89. The van der Waals surface area contributed by atoms with Gasteiger partial charge < -0.3 is 5.21 Å². The van der Waals surface area contributed by atoms with Crippen LogP contribution in [0.5, 0.6) is 0 Å². The van der Waals surface area contributed by atoms with E-state index >= 15 is 0 Å². The van der Waals surface area contributed by atoms with Gasteiger partial charge in [0, 0.05) is 0 Å². The zero-order valence-corrected chi connectivity index (χ0v) is 7.40. The summed E-state index contributed by atoms with van der Waals surface area (Å²) in [5.74, 6) is 0. The molecule has 0 radical (unpaired) electrons. The van der Waals surface area contributed by atoms with Gasteiger partial charge in [-0.2, -0.15) is 0 Å². The second-order valence-electron chi connectivity index (χ2n) is 2.36. The first-order chi connectivity index (χ1) is 6.04. The zero-order chi connectivity index (χ0) is 9.90. The molecular weight excluding hydrogens is 192 g/mol. The van der Waals surface area contributed by atoms with Crippen LogP contribution >= 0.6 is 0 Å². The van der Waals surface area contributed by atoms with E-state index in [0.29, 0.717) is 5.56 Å². The summed E-state index contributed by atoms with van der Waals surface area (Å²) < 4.78 is 21.6. The van der Waals surface area contributed by atoms with Crippen molar-refractivity contribution < 1.29 is 13.6 Å². The Morgan fingerprint density at radius 1 is 1.31 bits per heavy atom. The van der Waals surface area contributed by atoms with Gasteiger partial charge in [-0.1, -0.05) is 17.3 Å². The molecule has 0 aliphatic heterocycles. The Labute approximate surface area is 75.5 Å². The Hall–Kier alpha value is -1.40. The molecule has 3 N–H and O–H groups in total. The van der Waals surface area contributed by atoms with E-state index in [1.807, 2.05) is 0 Å². The van der Waals surface area contributed by atoms with Crippen LogP contribution < -0.4 is 5.14 Å². The van der Waals surface area contributed by atoms with Gasteiger partial charge in [-0.3, -0.25) is 0 Å². The van der Waals surface area contributed by atoms with Crippen molar-refractivity contribution in [3.8, 4) is 0 Å². The number of benzene rings is 1. The van der Waals surface area contributed by atoms with Crippen LogP contribution in [0.25, 0.3) is 0 Å². The van der Waals surface area contributed by atoms with Gasteiger partial charge in [-0.05, 0) is 17.7 Å². The number of nitrogens with zero attached hydrogens (tertiary/aromatic N) is 1. The monoisotopic (exact) mass is 200 g/mol. The fourth-order valence-corrected chi connectivity index (χ4v) is 1.33. The molecule has 0 aliphatic rings. The average Bonchev–Trinajstić information content (AvgIpc) is 2.04. The lowest BCUT2D eigenvalue weighted by Gasteiger charge is -1.96. The highest BCUT2D eigenvalue weighted by molar-refractivity contribution is 7.89. The first-order valence-electron chi connectivity index (χ1n) is 3.34. The number of hydrogen-bond donors (Lipinski definition) is 2. The van der Waals surface area contributed by atoms with Crippen molar-refractivity contribution in [2.75, 3.05) is 0 Å². The molecule has 0 spiro atoms. The molecule has 1 aromatic carbocycles. The average molecular weight is 200 g/mol. The van der Waals surface area contributed by atoms with Gasteiger partial charge in [0.05, 0.1) is 11.1 Å². The second kappa shape index (κ2) is 3.55. The van der Waals surface area contributed by atoms with Crippen LogP contribution in [-0.2, 0) is 10.0 Å². The van der Waals surface area contributed by atoms with Crippen LogP contribution in [0.3, 0.4) is 0 Å². The number of primary sulfonamides is 1. The van der Waals surface area contributed by atoms with Crippen LogP contribution in [0.1, 0.15) is 5.56 Å². The minimum atomic E-state index is -3.64. The number of oxime groups is 1. The van der Waals surface area contributed by atoms with Gasteiger partial charge in [0.25, 0.3) is 0 Å². The molecule has 0 atom stereocenters. The smallest absolute Gasteiger partial charge is 0.238 e. The van der Waals surface area contributed by atoms with Gasteiger partial charge in [-0.15, -0.1) is 0 Å². The van der Waals surface area contributed by atoms with E-state index in [-0.39, 0.29) is 4.90 Å². The van der Waals surface area contributed by atoms with Crippen LogP contribution in [0.2, 0.25) is 0 Å². The van der Waals surface area contributed by atoms with Crippen molar-refractivity contribution in [3.05, 3.63) is 29.8 Å². The van der Waals surface area contributed by atoms with Gasteiger partial charge in [0.2, 0.25) is 10.0 Å². The normalized spacial score (nSPS) is 12.1. The highest BCUT2D eigenvalue weighted by Crippen LogP contribution is 2.06. The number of sulfonamides is 1. The SMILES string of the molecule is NS(=O)(=O)c1ccc(/C=N\O)cc1. The van der Waals surface area contributed by atoms with Crippen molar-refractivity contribution >= 4 is 16.2 Å². The summed E-state index contributed by atoms with van der Waals surface area (Å²) in [7, 11) is -3.64. The Morgan fingerprint density at radius 3 is 2.23 bits per heavy atom. The molecule has 1 aromatic rings. The minimum absolute atomic E-state index is 0.0302. The van der Waals surface area contributed by atoms with E-state index in [1.165, 1.54) is 30.5 Å². The van der Waals surface area contributed by atoms with Crippen LogP contribution in [0.15, 0.2) is 34.3 Å². The van der Waals surface area contributed by atoms with Crippen molar-refractivity contribution in [2.45, 2.75) is 4.90 Å². The van der Waals surface area contributed by atoms with E-state index in [0.717, 1.165) is 0 Å². The maximum absolute atomic E-state index is 10.8. The van der Waals surface area contributed by atoms with Crippen molar-refractivity contribution in [2.24, 2.45) is 10.3 Å². The Morgan fingerprint density at radius 2 is 1.85 bits per heavy atom. The quantitative estimate of drug-likeness (QED) is 0.404. The minimum Gasteiger partial charge on any atom is -0.411 e. The molecule has 0 bridgehead atoms. The fourth-order valence-electron chi connectivity index (χ4n) is 0.810. The molecule has 0 fully saturated rings. The highest BCUT2D eigenvalue weighted by Gasteiger charge is 2.05. The van der Waals surface area contributed by atoms with E-state index in [2.05, 4.69) is 5.16 Å². The molecule has 1 rings (SSSR count). The molecule has 0 saturated carbocycles. The van der Waals surface area contributed by atoms with Gasteiger partial charge in [0.15, 0.2) is 0 Å². The highest BCUT2D eigenvalue weighted by atomic mass is 32.2. The first kappa shape index (κ1) is 9.69. The molecule has 5 nitrogen and oxygen atoms in total. The Kier molecular flexibility index (Phi) is 2.64. The summed E-state index contributed by atoms with van der Waals surface area (Å²) >= 11 is 0. The van der Waals surface area contributed by atoms with Gasteiger partial charge >= 0.3 is 0 Å². The molecule has 0 aromatic heterocycles. The lowest BCUT2D eigenvalue weighted by Crippen LogP contribution is -2.11. The lowest BCUT2D eigenvalue weighted by molar-refractivity contribution is 0.322. The standard InChI is InChI=1S/C7H8N2O3S/c8-13(11,12)7-3-1-6(2-4-7)5-9-10/h1-5,10H,(H2,8,11,12)/b9-5-. The largest absolute Gasteiger partial charge is 0.411 e. The lowest BCUT2D eigenvalue weighted by atomic mass is 10.2. The van der Waals surface area contributed by atoms with E-state index in [4.69, 9.17) is 10.3 Å². The van der Waals surface area contributed by atoms with Crippen molar-refractivity contribution in [3.63, 3.8) is 0 Å². The number of hydrogen-bond acceptors (Lipinski definition) is 4. The van der Waals surface area contributed by atoms with Crippen LogP contribution in [0.4, 0.5) is 0 Å². The van der Waals surface area contributed by atoms with Gasteiger partial charge in [0.1, 0.15) is 0 Å². The second-order valence-corrected chi connectivity index (χ2v) is 3.92. The molecule has 0 unspecified atom stereocenters. The Bertz CT molecular complexity index is 408. The van der Waals surface area contributed by atoms with E-state index in [1.54, 1.807) is 0 Å². The van der Waals surface area contributed by atoms with E-state index < -0.39 is 10.0 Å². The van der Waals surface area contributed by atoms with E-state index in [9.17, 15) is 8.42 Å². The van der Waals surface area contributed by atoms with Crippen LogP contribution in [0, 0.1) is 0 Å². The van der Waals surface area contributed by atoms with Crippen LogP contribution in [-0.4, -0.2) is 19.8 Å². The fraction of sp³-hybridized carbons (Fsp3) is 0. The topological polar surface area (TPSA) is 92.8 Å². The summed E-state index contributed by atoms with van der Waals surface area (Å²) in [6.45, 7) is 0. The third-order valence-electron chi connectivity index (χ3n) is 1.42. The summed E-state index contributed by atoms with van der Waals surface area (Å²) in [6, 6.07) is 5.65. The number of nitrogens with two attached hydrogens (primary N) is 1. The molecule has 70 valence electrons. The number of rotatable bonds is 2. The zero-order valence-electron chi connectivity index (χ0n) is 6.58. The maximum Gasteiger partial charge on any atom is 0.238 e. The molecule has 0 amide bonds. The molecule has 0 saturated heterocycles. The third kappa shape index (κ3) is 2.53. The summed E-state index contributed by atoms with van der Waals surface area (Å²) in [6.07, 6.45) is 1.19. The molecular formula is C7H8N2O3S. The Balaban J connectivity index is 3.08. The predicted molar refractivity (Wildman–Crippen MR) is 47.2 cm³/mol. The molecule has 0 heterocycles. The third-order valence-corrected chi connectivity index (χ3v) is 2.34. The summed E-state index contributed by atoms with van der Waals surface area (Å²) in [5, 5.41) is 15.8. The summed E-state index contributed by atoms with van der Waals surface area (Å²) in [4.78, 5) is 0.0302. The van der Waals surface area contributed by atoms with Crippen molar-refractivity contribution in [1.29, 1.82) is 0 Å². The maximum atomic E-state index is 10.8. The molecule has 6 heteroatoms. The van der Waals surface area contributed by atoms with Crippen molar-refractivity contribution in [1.82, 2.24) is 0 Å².